The minimum absolute atomic E-state index is 0.0481. The molecule has 1 unspecified atom stereocenters. The first-order valence-electron chi connectivity index (χ1n) is 10.6. The summed E-state index contributed by atoms with van der Waals surface area (Å²) in [6, 6.07) is 21.3. The molecule has 1 aliphatic rings. The van der Waals surface area contributed by atoms with Crippen molar-refractivity contribution in [2.45, 2.75) is 18.9 Å². The van der Waals surface area contributed by atoms with Gasteiger partial charge in [-0.1, -0.05) is 48.5 Å². The molecule has 0 bridgehead atoms. The maximum Gasteiger partial charge on any atom is 0.293 e. The standard InChI is InChI=1S/C25H25N3O4/c1-32-23-12-6-5-11-20(23)24(18-9-3-2-4-10-18)26-25(29)19-13-14-21(22(17-19)28(30)31)27-15-7-8-16-27/h2-6,9-14,17,24H,7-8,15-16H2,1H3,(H,26,29). The van der Waals surface area contributed by atoms with Crippen LogP contribution in [0.15, 0.2) is 72.8 Å². The zero-order valence-electron chi connectivity index (χ0n) is 17.9. The van der Waals surface area contributed by atoms with Crippen LogP contribution in [0.2, 0.25) is 0 Å². The third-order valence-corrected chi connectivity index (χ3v) is 5.74. The Bertz CT molecular complexity index is 1110. The summed E-state index contributed by atoms with van der Waals surface area (Å²) in [5, 5.41) is 14.8. The summed E-state index contributed by atoms with van der Waals surface area (Å²) in [6.45, 7) is 1.58. The van der Waals surface area contributed by atoms with E-state index in [1.165, 1.54) is 6.07 Å². The summed E-state index contributed by atoms with van der Waals surface area (Å²) in [7, 11) is 1.59. The zero-order valence-corrected chi connectivity index (χ0v) is 17.9. The topological polar surface area (TPSA) is 84.7 Å². The molecule has 1 aliphatic heterocycles. The molecule has 3 aromatic rings. The minimum atomic E-state index is -0.475. The third-order valence-electron chi connectivity index (χ3n) is 5.74. The van der Waals surface area contributed by atoms with Crippen molar-refractivity contribution in [1.29, 1.82) is 0 Å². The molecule has 0 spiro atoms. The molecule has 0 aliphatic carbocycles. The number of benzene rings is 3. The average Bonchev–Trinajstić information content (AvgIpc) is 3.37. The van der Waals surface area contributed by atoms with Crippen molar-refractivity contribution in [2.24, 2.45) is 0 Å². The van der Waals surface area contributed by atoms with Gasteiger partial charge in [0.2, 0.25) is 0 Å². The minimum Gasteiger partial charge on any atom is -0.496 e. The number of hydrogen-bond acceptors (Lipinski definition) is 5. The Kier molecular flexibility index (Phi) is 6.35. The fourth-order valence-corrected chi connectivity index (χ4v) is 4.14. The number of anilines is 1. The van der Waals surface area contributed by atoms with E-state index in [0.29, 0.717) is 11.4 Å². The van der Waals surface area contributed by atoms with Crippen LogP contribution >= 0.6 is 0 Å². The van der Waals surface area contributed by atoms with Gasteiger partial charge in [0.1, 0.15) is 11.4 Å². The van der Waals surface area contributed by atoms with E-state index < -0.39 is 11.0 Å². The van der Waals surface area contributed by atoms with Gasteiger partial charge in [-0.3, -0.25) is 14.9 Å². The van der Waals surface area contributed by atoms with Crippen LogP contribution < -0.4 is 15.0 Å². The van der Waals surface area contributed by atoms with E-state index in [1.54, 1.807) is 19.2 Å². The first kappa shape index (κ1) is 21.4. The molecule has 4 rings (SSSR count). The predicted octanol–water partition coefficient (Wildman–Crippen LogP) is 4.72. The molecular weight excluding hydrogens is 406 g/mol. The third kappa shape index (κ3) is 4.42. The second-order valence-electron chi connectivity index (χ2n) is 7.71. The normalized spacial score (nSPS) is 14.1. The second kappa shape index (κ2) is 9.51. The molecule has 1 N–H and O–H groups in total. The maximum atomic E-state index is 13.2. The van der Waals surface area contributed by atoms with Gasteiger partial charge in [0, 0.05) is 30.3 Å². The van der Waals surface area contributed by atoms with Crippen LogP contribution in [0.1, 0.15) is 40.4 Å². The number of methoxy groups -OCH3 is 1. The van der Waals surface area contributed by atoms with Gasteiger partial charge < -0.3 is 15.0 Å². The summed E-state index contributed by atoms with van der Waals surface area (Å²) in [4.78, 5) is 26.5. The Morgan fingerprint density at radius 2 is 1.72 bits per heavy atom. The van der Waals surface area contributed by atoms with Crippen molar-refractivity contribution in [2.75, 3.05) is 25.1 Å². The molecule has 164 valence electrons. The van der Waals surface area contributed by atoms with Crippen LogP contribution in [0.4, 0.5) is 11.4 Å². The lowest BCUT2D eigenvalue weighted by atomic mass is 9.97. The molecule has 1 amide bonds. The van der Waals surface area contributed by atoms with Gasteiger partial charge in [-0.25, -0.2) is 0 Å². The SMILES string of the molecule is COc1ccccc1C(NC(=O)c1ccc(N2CCCC2)c([N+](=O)[O-])c1)c1ccccc1. The number of nitro groups is 1. The van der Waals surface area contributed by atoms with E-state index in [1.807, 2.05) is 59.5 Å². The molecule has 1 heterocycles. The lowest BCUT2D eigenvalue weighted by Gasteiger charge is -2.22. The summed E-state index contributed by atoms with van der Waals surface area (Å²) in [5.41, 5.74) is 2.45. The largest absolute Gasteiger partial charge is 0.496 e. The molecule has 0 radical (unpaired) electrons. The summed E-state index contributed by atoms with van der Waals surface area (Å²) in [5.74, 6) is 0.262. The maximum absolute atomic E-state index is 13.2. The van der Waals surface area contributed by atoms with Crippen molar-refractivity contribution in [3.63, 3.8) is 0 Å². The van der Waals surface area contributed by atoms with Gasteiger partial charge in [0.05, 0.1) is 18.1 Å². The summed E-state index contributed by atoms with van der Waals surface area (Å²) < 4.78 is 5.51. The first-order valence-corrected chi connectivity index (χ1v) is 10.6. The second-order valence-corrected chi connectivity index (χ2v) is 7.71. The quantitative estimate of drug-likeness (QED) is 0.432. The van der Waals surface area contributed by atoms with Gasteiger partial charge in [-0.05, 0) is 36.6 Å². The number of ether oxygens (including phenoxy) is 1. The van der Waals surface area contributed by atoms with Crippen LogP contribution in [-0.2, 0) is 0 Å². The van der Waals surface area contributed by atoms with Gasteiger partial charge >= 0.3 is 0 Å². The highest BCUT2D eigenvalue weighted by atomic mass is 16.6. The summed E-state index contributed by atoms with van der Waals surface area (Å²) >= 11 is 0. The van der Waals surface area contributed by atoms with Crippen molar-refractivity contribution in [1.82, 2.24) is 5.32 Å². The molecule has 7 heteroatoms. The Labute approximate surface area is 186 Å². The highest BCUT2D eigenvalue weighted by Gasteiger charge is 2.26. The highest BCUT2D eigenvalue weighted by molar-refractivity contribution is 5.96. The lowest BCUT2D eigenvalue weighted by Crippen LogP contribution is -2.30. The Morgan fingerprint density at radius 1 is 1.03 bits per heavy atom. The van der Waals surface area contributed by atoms with E-state index in [0.717, 1.165) is 37.1 Å². The number of nitrogens with zero attached hydrogens (tertiary/aromatic N) is 2. The fraction of sp³-hybridized carbons (Fsp3) is 0.240. The molecule has 32 heavy (non-hydrogen) atoms. The molecule has 3 aromatic carbocycles. The molecule has 1 fully saturated rings. The van der Waals surface area contributed by atoms with E-state index >= 15 is 0 Å². The van der Waals surface area contributed by atoms with Crippen LogP contribution in [0, 0.1) is 10.1 Å². The monoisotopic (exact) mass is 431 g/mol. The van der Waals surface area contributed by atoms with Crippen molar-refractivity contribution in [3.05, 3.63) is 99.6 Å². The number of rotatable bonds is 7. The number of carbonyl (C=O) groups is 1. The van der Waals surface area contributed by atoms with E-state index in [4.69, 9.17) is 4.74 Å². The highest BCUT2D eigenvalue weighted by Crippen LogP contribution is 2.33. The number of carbonyl (C=O) groups excluding carboxylic acids is 1. The molecule has 1 atom stereocenters. The van der Waals surface area contributed by atoms with E-state index in [9.17, 15) is 14.9 Å². The molecule has 0 aromatic heterocycles. The van der Waals surface area contributed by atoms with Gasteiger partial charge in [-0.2, -0.15) is 0 Å². The molecule has 0 saturated carbocycles. The summed E-state index contributed by atoms with van der Waals surface area (Å²) in [6.07, 6.45) is 2.02. The first-order chi connectivity index (χ1) is 15.6. The van der Waals surface area contributed by atoms with Crippen LogP contribution in [0.5, 0.6) is 5.75 Å². The van der Waals surface area contributed by atoms with E-state index in [-0.39, 0.29) is 17.2 Å². The average molecular weight is 431 g/mol. The lowest BCUT2D eigenvalue weighted by molar-refractivity contribution is -0.384. The van der Waals surface area contributed by atoms with Gasteiger partial charge in [0.25, 0.3) is 11.6 Å². The van der Waals surface area contributed by atoms with Crippen LogP contribution in [0.3, 0.4) is 0 Å². The zero-order chi connectivity index (χ0) is 22.5. The Balaban J connectivity index is 1.68. The smallest absolute Gasteiger partial charge is 0.293 e. The van der Waals surface area contributed by atoms with Crippen molar-refractivity contribution in [3.8, 4) is 5.75 Å². The number of nitro benzene ring substituents is 1. The molecular formula is C25H25N3O4. The van der Waals surface area contributed by atoms with Crippen molar-refractivity contribution >= 4 is 17.3 Å². The van der Waals surface area contributed by atoms with Gasteiger partial charge in [-0.15, -0.1) is 0 Å². The molecule has 1 saturated heterocycles. The van der Waals surface area contributed by atoms with Gasteiger partial charge in [0.15, 0.2) is 0 Å². The Hall–Kier alpha value is -3.87. The van der Waals surface area contributed by atoms with Crippen LogP contribution in [-0.4, -0.2) is 31.0 Å². The number of hydrogen-bond donors (Lipinski definition) is 1. The predicted molar refractivity (Wildman–Crippen MR) is 123 cm³/mol. The Morgan fingerprint density at radius 3 is 2.41 bits per heavy atom. The van der Waals surface area contributed by atoms with Crippen molar-refractivity contribution < 1.29 is 14.5 Å². The fourth-order valence-electron chi connectivity index (χ4n) is 4.14. The molecule has 7 nitrogen and oxygen atoms in total. The van der Waals surface area contributed by atoms with Crippen LogP contribution in [0.25, 0.3) is 0 Å². The number of para-hydroxylation sites is 1. The number of nitrogens with one attached hydrogen (secondary N) is 1. The number of amides is 1. The van der Waals surface area contributed by atoms with E-state index in [2.05, 4.69) is 5.32 Å².